The first-order valence-electron chi connectivity index (χ1n) is 7.07. The average molecular weight is 226 g/mol. The summed E-state index contributed by atoms with van der Waals surface area (Å²) in [6.45, 7) is 14.0. The smallest absolute Gasteiger partial charge is 0.0226 e. The van der Waals surface area contributed by atoms with Crippen LogP contribution in [0.5, 0.6) is 0 Å². The van der Waals surface area contributed by atoms with Crippen molar-refractivity contribution in [2.24, 2.45) is 5.92 Å². The molecular weight excluding hydrogens is 196 g/mol. The van der Waals surface area contributed by atoms with Crippen LogP contribution in [0.25, 0.3) is 0 Å². The SMILES string of the molecule is CCC(CC)N1CC(C)NCC1CC(C)C. The molecule has 2 nitrogen and oxygen atoms in total. The van der Waals surface area contributed by atoms with Gasteiger partial charge in [-0.25, -0.2) is 0 Å². The van der Waals surface area contributed by atoms with E-state index in [0.29, 0.717) is 6.04 Å². The van der Waals surface area contributed by atoms with E-state index in [1.807, 2.05) is 0 Å². The summed E-state index contributed by atoms with van der Waals surface area (Å²) in [4.78, 5) is 2.77. The van der Waals surface area contributed by atoms with Gasteiger partial charge in [0, 0.05) is 31.2 Å². The van der Waals surface area contributed by atoms with E-state index in [-0.39, 0.29) is 0 Å². The molecule has 16 heavy (non-hydrogen) atoms. The number of hydrogen-bond acceptors (Lipinski definition) is 2. The molecule has 0 aromatic heterocycles. The normalized spacial score (nSPS) is 27.9. The number of rotatable bonds is 5. The highest BCUT2D eigenvalue weighted by molar-refractivity contribution is 4.88. The minimum Gasteiger partial charge on any atom is -0.311 e. The molecule has 1 fully saturated rings. The average Bonchev–Trinajstić information content (AvgIpc) is 2.23. The van der Waals surface area contributed by atoms with Crippen LogP contribution < -0.4 is 5.32 Å². The van der Waals surface area contributed by atoms with Gasteiger partial charge in [0.15, 0.2) is 0 Å². The molecule has 96 valence electrons. The standard InChI is InChI=1S/C14H30N2/c1-6-13(7-2)16-10-12(5)15-9-14(16)8-11(3)4/h11-15H,6-10H2,1-5H3. The van der Waals surface area contributed by atoms with Gasteiger partial charge in [-0.05, 0) is 32.1 Å². The van der Waals surface area contributed by atoms with Crippen molar-refractivity contribution in [3.63, 3.8) is 0 Å². The Morgan fingerprint density at radius 3 is 2.38 bits per heavy atom. The fraction of sp³-hybridized carbons (Fsp3) is 1.00. The zero-order chi connectivity index (χ0) is 12.1. The summed E-state index contributed by atoms with van der Waals surface area (Å²) in [6.07, 6.45) is 3.91. The minimum atomic E-state index is 0.656. The molecule has 2 heteroatoms. The fourth-order valence-corrected chi connectivity index (χ4v) is 2.95. The summed E-state index contributed by atoms with van der Waals surface area (Å²) >= 11 is 0. The van der Waals surface area contributed by atoms with Crippen molar-refractivity contribution in [1.82, 2.24) is 10.2 Å². The lowest BCUT2D eigenvalue weighted by Crippen LogP contribution is -2.58. The molecule has 0 radical (unpaired) electrons. The van der Waals surface area contributed by atoms with E-state index in [2.05, 4.69) is 44.8 Å². The molecule has 0 amide bonds. The summed E-state index contributed by atoms with van der Waals surface area (Å²) in [5.41, 5.74) is 0. The monoisotopic (exact) mass is 226 g/mol. The lowest BCUT2D eigenvalue weighted by atomic mass is 9.96. The van der Waals surface area contributed by atoms with Crippen molar-refractivity contribution in [3.05, 3.63) is 0 Å². The van der Waals surface area contributed by atoms with Crippen molar-refractivity contribution >= 4 is 0 Å². The van der Waals surface area contributed by atoms with E-state index in [0.717, 1.165) is 18.0 Å². The predicted molar refractivity (Wildman–Crippen MR) is 71.8 cm³/mol. The second-order valence-electron chi connectivity index (χ2n) is 5.76. The topological polar surface area (TPSA) is 15.3 Å². The molecule has 2 atom stereocenters. The van der Waals surface area contributed by atoms with Crippen molar-refractivity contribution in [2.45, 2.75) is 72.0 Å². The van der Waals surface area contributed by atoms with E-state index in [1.165, 1.54) is 32.4 Å². The van der Waals surface area contributed by atoms with Crippen LogP contribution in [0.2, 0.25) is 0 Å². The van der Waals surface area contributed by atoms with Crippen LogP contribution in [0.15, 0.2) is 0 Å². The van der Waals surface area contributed by atoms with Gasteiger partial charge < -0.3 is 5.32 Å². The molecule has 0 aromatic carbocycles. The quantitative estimate of drug-likeness (QED) is 0.775. The summed E-state index contributed by atoms with van der Waals surface area (Å²) in [5.74, 6) is 0.803. The molecule has 0 saturated carbocycles. The van der Waals surface area contributed by atoms with E-state index in [4.69, 9.17) is 0 Å². The van der Waals surface area contributed by atoms with Gasteiger partial charge >= 0.3 is 0 Å². The zero-order valence-electron chi connectivity index (χ0n) is 11.8. The minimum absolute atomic E-state index is 0.656. The Morgan fingerprint density at radius 2 is 1.88 bits per heavy atom. The number of nitrogens with zero attached hydrogens (tertiary/aromatic N) is 1. The Kier molecular flexibility index (Phi) is 5.77. The maximum atomic E-state index is 3.63. The van der Waals surface area contributed by atoms with Crippen LogP contribution in [-0.2, 0) is 0 Å². The number of piperazine rings is 1. The number of nitrogens with one attached hydrogen (secondary N) is 1. The lowest BCUT2D eigenvalue weighted by molar-refractivity contribution is 0.0685. The van der Waals surface area contributed by atoms with Gasteiger partial charge in [0.25, 0.3) is 0 Å². The molecule has 1 rings (SSSR count). The highest BCUT2D eigenvalue weighted by Gasteiger charge is 2.29. The molecule has 0 aliphatic carbocycles. The van der Waals surface area contributed by atoms with E-state index in [9.17, 15) is 0 Å². The zero-order valence-corrected chi connectivity index (χ0v) is 11.8. The van der Waals surface area contributed by atoms with E-state index in [1.54, 1.807) is 0 Å². The Hall–Kier alpha value is -0.0800. The second kappa shape index (κ2) is 6.61. The Morgan fingerprint density at radius 1 is 1.25 bits per heavy atom. The van der Waals surface area contributed by atoms with Crippen LogP contribution in [0.3, 0.4) is 0 Å². The van der Waals surface area contributed by atoms with Crippen molar-refractivity contribution in [1.29, 1.82) is 0 Å². The van der Waals surface area contributed by atoms with Crippen molar-refractivity contribution in [3.8, 4) is 0 Å². The Bertz CT molecular complexity index is 187. The van der Waals surface area contributed by atoms with E-state index < -0.39 is 0 Å². The molecule has 1 heterocycles. The summed E-state index contributed by atoms with van der Waals surface area (Å²) in [7, 11) is 0. The van der Waals surface area contributed by atoms with Gasteiger partial charge in [-0.15, -0.1) is 0 Å². The highest BCUT2D eigenvalue weighted by atomic mass is 15.3. The van der Waals surface area contributed by atoms with Gasteiger partial charge in [-0.3, -0.25) is 4.90 Å². The molecule has 1 N–H and O–H groups in total. The maximum Gasteiger partial charge on any atom is 0.0226 e. The Labute approximate surface area is 102 Å². The van der Waals surface area contributed by atoms with Gasteiger partial charge in [-0.1, -0.05) is 27.7 Å². The first kappa shape index (κ1) is 14.0. The molecule has 1 aliphatic heterocycles. The van der Waals surface area contributed by atoms with Gasteiger partial charge in [0.1, 0.15) is 0 Å². The molecule has 2 unspecified atom stereocenters. The predicted octanol–water partition coefficient (Wildman–Crippen LogP) is 2.88. The van der Waals surface area contributed by atoms with Gasteiger partial charge in [0.05, 0.1) is 0 Å². The van der Waals surface area contributed by atoms with Crippen LogP contribution in [0.4, 0.5) is 0 Å². The molecule has 0 aromatic rings. The third-order valence-corrected chi connectivity index (χ3v) is 3.81. The first-order valence-corrected chi connectivity index (χ1v) is 7.07. The van der Waals surface area contributed by atoms with Crippen LogP contribution in [0, 0.1) is 5.92 Å². The molecule has 0 bridgehead atoms. The summed E-state index contributed by atoms with van der Waals surface area (Å²) < 4.78 is 0. The lowest BCUT2D eigenvalue weighted by Gasteiger charge is -2.44. The first-order chi connectivity index (χ1) is 7.58. The van der Waals surface area contributed by atoms with Crippen molar-refractivity contribution in [2.75, 3.05) is 13.1 Å². The summed E-state index contributed by atoms with van der Waals surface area (Å²) in [6, 6.07) is 2.19. The van der Waals surface area contributed by atoms with Gasteiger partial charge in [0.2, 0.25) is 0 Å². The molecule has 1 aliphatic rings. The van der Waals surface area contributed by atoms with Crippen molar-refractivity contribution < 1.29 is 0 Å². The Balaban J connectivity index is 2.63. The van der Waals surface area contributed by atoms with Gasteiger partial charge in [-0.2, -0.15) is 0 Å². The maximum absolute atomic E-state index is 3.63. The summed E-state index contributed by atoms with van der Waals surface area (Å²) in [5, 5.41) is 3.63. The van der Waals surface area contributed by atoms with Crippen LogP contribution in [0.1, 0.15) is 53.9 Å². The molecular formula is C14H30N2. The largest absolute Gasteiger partial charge is 0.311 e. The third-order valence-electron chi connectivity index (χ3n) is 3.81. The molecule has 1 saturated heterocycles. The fourth-order valence-electron chi connectivity index (χ4n) is 2.95. The van der Waals surface area contributed by atoms with Crippen LogP contribution in [-0.4, -0.2) is 36.1 Å². The van der Waals surface area contributed by atoms with Crippen LogP contribution >= 0.6 is 0 Å². The van der Waals surface area contributed by atoms with E-state index >= 15 is 0 Å². The third kappa shape index (κ3) is 3.74. The molecule has 0 spiro atoms. The second-order valence-corrected chi connectivity index (χ2v) is 5.76. The number of hydrogen-bond donors (Lipinski definition) is 1. The highest BCUT2D eigenvalue weighted by Crippen LogP contribution is 2.21.